The number of urea groups is 1. The van der Waals surface area contributed by atoms with Crippen LogP contribution in [0.25, 0.3) is 0 Å². The van der Waals surface area contributed by atoms with E-state index in [4.69, 9.17) is 0 Å². The van der Waals surface area contributed by atoms with Crippen LogP contribution in [0.15, 0.2) is 30.6 Å². The molecular formula is C13H13F2N5O4. The van der Waals surface area contributed by atoms with Crippen LogP contribution < -0.4 is 15.4 Å². The van der Waals surface area contributed by atoms with Crippen molar-refractivity contribution in [3.63, 3.8) is 0 Å². The molecule has 0 fully saturated rings. The van der Waals surface area contributed by atoms with E-state index < -0.39 is 23.3 Å². The zero-order chi connectivity index (χ0) is 17.7. The maximum atomic E-state index is 12.4. The van der Waals surface area contributed by atoms with Crippen LogP contribution in [0.2, 0.25) is 0 Å². The number of alkyl halides is 2. The molecule has 1 aromatic carbocycles. The van der Waals surface area contributed by atoms with Crippen molar-refractivity contribution in [1.29, 1.82) is 0 Å². The third kappa shape index (κ3) is 4.38. The fourth-order valence-electron chi connectivity index (χ4n) is 1.81. The van der Waals surface area contributed by atoms with Crippen molar-refractivity contribution in [2.45, 2.75) is 20.1 Å². The minimum absolute atomic E-state index is 0.259. The number of nitro benzene ring substituents is 1. The average Bonchev–Trinajstić information content (AvgIpc) is 2.95. The number of nitro groups is 1. The van der Waals surface area contributed by atoms with Gasteiger partial charge < -0.3 is 15.4 Å². The van der Waals surface area contributed by atoms with E-state index in [1.807, 2.05) is 6.92 Å². The zero-order valence-corrected chi connectivity index (χ0v) is 12.4. The Morgan fingerprint density at radius 3 is 2.79 bits per heavy atom. The second-order valence-electron chi connectivity index (χ2n) is 4.48. The highest BCUT2D eigenvalue weighted by molar-refractivity contribution is 6.00. The van der Waals surface area contributed by atoms with Gasteiger partial charge in [-0.15, -0.1) is 0 Å². The lowest BCUT2D eigenvalue weighted by atomic mass is 10.2. The van der Waals surface area contributed by atoms with Crippen molar-refractivity contribution < 1.29 is 23.2 Å². The SMILES string of the molecule is CCn1cc(NC(=O)Nc2cc([N+](=O)[O-])ccc2OC(F)F)cn1. The minimum Gasteiger partial charge on any atom is -0.433 e. The number of ether oxygens (including phenoxy) is 1. The molecule has 0 aliphatic heterocycles. The van der Waals surface area contributed by atoms with Gasteiger partial charge in [0.1, 0.15) is 5.75 Å². The van der Waals surface area contributed by atoms with Crippen molar-refractivity contribution in [1.82, 2.24) is 9.78 Å². The van der Waals surface area contributed by atoms with Gasteiger partial charge in [0.15, 0.2) is 0 Å². The number of halogens is 2. The Morgan fingerprint density at radius 1 is 1.46 bits per heavy atom. The van der Waals surface area contributed by atoms with Gasteiger partial charge >= 0.3 is 12.6 Å². The number of amides is 2. The quantitative estimate of drug-likeness (QED) is 0.619. The molecule has 1 heterocycles. The first-order chi connectivity index (χ1) is 11.4. The Labute approximate surface area is 134 Å². The number of nitrogens with one attached hydrogen (secondary N) is 2. The van der Waals surface area contributed by atoms with Crippen LogP contribution in [-0.4, -0.2) is 27.3 Å². The van der Waals surface area contributed by atoms with E-state index in [1.165, 1.54) is 6.20 Å². The minimum atomic E-state index is -3.14. The van der Waals surface area contributed by atoms with Crippen molar-refractivity contribution in [2.24, 2.45) is 0 Å². The highest BCUT2D eigenvalue weighted by Gasteiger charge is 2.17. The molecule has 0 radical (unpaired) electrons. The molecule has 0 bridgehead atoms. The van der Waals surface area contributed by atoms with Crippen LogP contribution in [-0.2, 0) is 6.54 Å². The Bertz CT molecular complexity index is 750. The number of carbonyl (C=O) groups is 1. The third-order valence-corrected chi connectivity index (χ3v) is 2.85. The summed E-state index contributed by atoms with van der Waals surface area (Å²) in [6.45, 7) is -0.688. The number of anilines is 2. The fourth-order valence-corrected chi connectivity index (χ4v) is 1.81. The summed E-state index contributed by atoms with van der Waals surface area (Å²) in [6.07, 6.45) is 2.96. The zero-order valence-electron chi connectivity index (χ0n) is 12.4. The largest absolute Gasteiger partial charge is 0.433 e. The second kappa shape index (κ2) is 7.35. The maximum Gasteiger partial charge on any atom is 0.387 e. The van der Waals surface area contributed by atoms with Crippen molar-refractivity contribution in [2.75, 3.05) is 10.6 Å². The molecule has 0 saturated carbocycles. The summed E-state index contributed by atoms with van der Waals surface area (Å²) in [4.78, 5) is 22.0. The Hall–Kier alpha value is -3.24. The van der Waals surface area contributed by atoms with Gasteiger partial charge in [0, 0.05) is 24.9 Å². The first-order valence-electron chi connectivity index (χ1n) is 6.72. The third-order valence-electron chi connectivity index (χ3n) is 2.85. The van der Waals surface area contributed by atoms with Gasteiger partial charge in [-0.3, -0.25) is 14.8 Å². The number of nitrogens with zero attached hydrogens (tertiary/aromatic N) is 3. The summed E-state index contributed by atoms with van der Waals surface area (Å²) < 4.78 is 30.6. The molecule has 9 nitrogen and oxygen atoms in total. The Balaban J connectivity index is 2.17. The van der Waals surface area contributed by atoms with Crippen molar-refractivity contribution >= 4 is 23.1 Å². The van der Waals surface area contributed by atoms with Crippen LogP contribution in [0, 0.1) is 10.1 Å². The van der Waals surface area contributed by atoms with E-state index in [0.717, 1.165) is 18.2 Å². The van der Waals surface area contributed by atoms with E-state index in [9.17, 15) is 23.7 Å². The molecule has 2 aromatic rings. The predicted molar refractivity (Wildman–Crippen MR) is 80.3 cm³/mol. The molecule has 2 rings (SSSR count). The summed E-state index contributed by atoms with van der Waals surface area (Å²) >= 11 is 0. The van der Waals surface area contributed by atoms with E-state index >= 15 is 0 Å². The van der Waals surface area contributed by atoms with Crippen LogP contribution in [0.5, 0.6) is 5.75 Å². The van der Waals surface area contributed by atoms with Crippen molar-refractivity contribution in [3.05, 3.63) is 40.7 Å². The molecule has 0 unspecified atom stereocenters. The van der Waals surface area contributed by atoms with E-state index in [1.54, 1.807) is 10.9 Å². The summed E-state index contributed by atoms with van der Waals surface area (Å²) in [7, 11) is 0. The fraction of sp³-hybridized carbons (Fsp3) is 0.231. The number of aromatic nitrogens is 2. The lowest BCUT2D eigenvalue weighted by Gasteiger charge is -2.12. The molecule has 24 heavy (non-hydrogen) atoms. The lowest BCUT2D eigenvalue weighted by molar-refractivity contribution is -0.384. The Kier molecular flexibility index (Phi) is 5.24. The normalized spacial score (nSPS) is 10.5. The van der Waals surface area contributed by atoms with Gasteiger partial charge in [0.2, 0.25) is 0 Å². The summed E-state index contributed by atoms with van der Waals surface area (Å²) in [5, 5.41) is 19.4. The second-order valence-corrected chi connectivity index (χ2v) is 4.48. The standard InChI is InChI=1S/C13H13F2N5O4/c1-2-19-7-8(6-16-19)17-13(21)18-10-5-9(20(22)23)3-4-11(10)24-12(14)15/h3-7,12H,2H2,1H3,(H2,17,18,21). The summed E-state index contributed by atoms with van der Waals surface area (Å²) in [6, 6.07) is 2.11. The molecule has 11 heteroatoms. The smallest absolute Gasteiger partial charge is 0.387 e. The lowest BCUT2D eigenvalue weighted by Crippen LogP contribution is -2.20. The number of non-ortho nitro benzene ring substituents is 1. The van der Waals surface area contributed by atoms with Crippen molar-refractivity contribution in [3.8, 4) is 5.75 Å². The number of benzene rings is 1. The van der Waals surface area contributed by atoms with Crippen LogP contribution in [0.3, 0.4) is 0 Å². The first-order valence-corrected chi connectivity index (χ1v) is 6.72. The van der Waals surface area contributed by atoms with E-state index in [-0.39, 0.29) is 11.4 Å². The van der Waals surface area contributed by atoms with Crippen LogP contribution in [0.1, 0.15) is 6.92 Å². The highest BCUT2D eigenvalue weighted by Crippen LogP contribution is 2.30. The van der Waals surface area contributed by atoms with E-state index in [0.29, 0.717) is 12.2 Å². The molecule has 0 atom stereocenters. The van der Waals surface area contributed by atoms with Gasteiger partial charge in [-0.1, -0.05) is 0 Å². The number of hydrogen-bond donors (Lipinski definition) is 2. The maximum absolute atomic E-state index is 12.4. The molecule has 1 aromatic heterocycles. The van der Waals surface area contributed by atoms with Gasteiger partial charge in [-0.05, 0) is 13.0 Å². The van der Waals surface area contributed by atoms with E-state index in [2.05, 4.69) is 20.5 Å². The summed E-state index contributed by atoms with van der Waals surface area (Å²) in [5.41, 5.74) is -0.272. The number of carbonyl (C=O) groups excluding carboxylic acids is 1. The highest BCUT2D eigenvalue weighted by atomic mass is 19.3. The average molecular weight is 341 g/mol. The molecule has 0 aliphatic rings. The van der Waals surface area contributed by atoms with Gasteiger partial charge in [0.05, 0.1) is 22.5 Å². The molecule has 0 aliphatic carbocycles. The van der Waals surface area contributed by atoms with Gasteiger partial charge in [-0.2, -0.15) is 13.9 Å². The molecule has 2 amide bonds. The predicted octanol–water partition coefficient (Wildman–Crippen LogP) is 3.06. The Morgan fingerprint density at radius 2 is 2.21 bits per heavy atom. The molecule has 0 spiro atoms. The molecular weight excluding hydrogens is 328 g/mol. The van der Waals surface area contributed by atoms with Crippen LogP contribution >= 0.6 is 0 Å². The first kappa shape index (κ1) is 17.1. The topological polar surface area (TPSA) is 111 Å². The molecule has 128 valence electrons. The number of aryl methyl sites for hydroxylation is 1. The number of rotatable bonds is 6. The van der Waals surface area contributed by atoms with Gasteiger partial charge in [-0.25, -0.2) is 4.79 Å². The summed E-state index contributed by atoms with van der Waals surface area (Å²) in [5.74, 6) is -0.394. The monoisotopic (exact) mass is 341 g/mol. The van der Waals surface area contributed by atoms with Gasteiger partial charge in [0.25, 0.3) is 5.69 Å². The number of hydrogen-bond acceptors (Lipinski definition) is 5. The van der Waals surface area contributed by atoms with Crippen LogP contribution in [0.4, 0.5) is 30.6 Å². The molecule has 2 N–H and O–H groups in total. The molecule has 0 saturated heterocycles.